The summed E-state index contributed by atoms with van der Waals surface area (Å²) >= 11 is 0. The molecule has 1 rings (SSSR count). The van der Waals surface area contributed by atoms with Gasteiger partial charge in [0.25, 0.3) is 0 Å². The lowest BCUT2D eigenvalue weighted by Gasteiger charge is -2.04. The summed E-state index contributed by atoms with van der Waals surface area (Å²) in [5, 5.41) is 0. The minimum Gasteiger partial charge on any atom is -0.465 e. The summed E-state index contributed by atoms with van der Waals surface area (Å²) in [4.78, 5) is 28.5. The van der Waals surface area contributed by atoms with Gasteiger partial charge in [0.2, 0.25) is 0 Å². The van der Waals surface area contributed by atoms with E-state index in [1.807, 2.05) is 0 Å². The Balaban J connectivity index is 2.65. The van der Waals surface area contributed by atoms with Crippen LogP contribution >= 0.6 is 7.60 Å². The number of carbonyl (C=O) groups excluding carboxylic acids is 1. The molecule has 16 heavy (non-hydrogen) atoms. The summed E-state index contributed by atoms with van der Waals surface area (Å²) in [6.45, 7) is 0. The minimum absolute atomic E-state index is 0.190. The molecule has 0 aliphatic carbocycles. The molecule has 0 saturated carbocycles. The van der Waals surface area contributed by atoms with Crippen LogP contribution in [0.4, 0.5) is 0 Å². The first-order valence-corrected chi connectivity index (χ1v) is 6.44. The Kier molecular flexibility index (Phi) is 4.24. The summed E-state index contributed by atoms with van der Waals surface area (Å²) in [7, 11) is -2.66. The quantitative estimate of drug-likeness (QED) is 0.614. The third kappa shape index (κ3) is 4.14. The summed E-state index contributed by atoms with van der Waals surface area (Å²) in [5.41, 5.74) is 1.19. The van der Waals surface area contributed by atoms with Crippen LogP contribution in [0.2, 0.25) is 0 Å². The fourth-order valence-electron chi connectivity index (χ4n) is 1.20. The Morgan fingerprint density at radius 1 is 1.31 bits per heavy atom. The van der Waals surface area contributed by atoms with Gasteiger partial charge in [-0.25, -0.2) is 4.79 Å². The molecule has 88 valence electrons. The van der Waals surface area contributed by atoms with Gasteiger partial charge in [-0.2, -0.15) is 0 Å². The van der Waals surface area contributed by atoms with E-state index in [9.17, 15) is 9.36 Å². The number of rotatable bonds is 4. The smallest absolute Gasteiger partial charge is 0.337 e. The van der Waals surface area contributed by atoms with Crippen molar-refractivity contribution >= 4 is 13.6 Å². The van der Waals surface area contributed by atoms with Crippen molar-refractivity contribution in [1.82, 2.24) is 0 Å². The zero-order chi connectivity index (χ0) is 12.2. The maximum absolute atomic E-state index is 11.1. The molecular formula is C10H13O5P. The van der Waals surface area contributed by atoms with Gasteiger partial charge in [0.1, 0.15) is 0 Å². The molecule has 0 spiro atoms. The summed E-state index contributed by atoms with van der Waals surface area (Å²) in [6, 6.07) is 6.45. The summed E-state index contributed by atoms with van der Waals surface area (Å²) in [6.07, 6.45) is 0.0936. The van der Waals surface area contributed by atoms with Crippen molar-refractivity contribution in [3.63, 3.8) is 0 Å². The van der Waals surface area contributed by atoms with Gasteiger partial charge in [-0.1, -0.05) is 12.1 Å². The topological polar surface area (TPSA) is 83.8 Å². The second-order valence-corrected chi connectivity index (χ2v) is 5.10. The van der Waals surface area contributed by atoms with Crippen molar-refractivity contribution in [3.8, 4) is 0 Å². The second-order valence-electron chi connectivity index (χ2n) is 3.33. The highest BCUT2D eigenvalue weighted by Crippen LogP contribution is 2.34. The average Bonchev–Trinajstić information content (AvgIpc) is 2.25. The number of aryl methyl sites for hydroxylation is 1. The first kappa shape index (κ1) is 12.9. The molecule has 0 saturated heterocycles. The summed E-state index contributed by atoms with van der Waals surface area (Å²) < 4.78 is 15.2. The number of esters is 1. The molecule has 0 aromatic heterocycles. The van der Waals surface area contributed by atoms with Crippen molar-refractivity contribution in [1.29, 1.82) is 0 Å². The first-order chi connectivity index (χ1) is 7.42. The number of carbonyl (C=O) groups is 1. The number of ether oxygens (including phenoxy) is 1. The molecule has 5 nitrogen and oxygen atoms in total. The maximum Gasteiger partial charge on any atom is 0.337 e. The molecule has 0 aliphatic heterocycles. The number of hydrogen-bond donors (Lipinski definition) is 2. The molecule has 0 unspecified atom stereocenters. The second kappa shape index (κ2) is 5.25. The van der Waals surface area contributed by atoms with Crippen LogP contribution < -0.4 is 0 Å². The minimum atomic E-state index is -3.96. The lowest BCUT2D eigenvalue weighted by atomic mass is 10.1. The van der Waals surface area contributed by atoms with Gasteiger partial charge in [-0.3, -0.25) is 4.57 Å². The van der Waals surface area contributed by atoms with Crippen LogP contribution in [0.25, 0.3) is 0 Å². The molecule has 1 aromatic carbocycles. The van der Waals surface area contributed by atoms with Crippen LogP contribution in [0.3, 0.4) is 0 Å². The SMILES string of the molecule is COC(=O)c1ccc(CCP(=O)(O)O)cc1. The van der Waals surface area contributed by atoms with Gasteiger partial charge in [0, 0.05) is 0 Å². The molecule has 0 bridgehead atoms. The van der Waals surface area contributed by atoms with E-state index >= 15 is 0 Å². The Morgan fingerprint density at radius 2 is 1.88 bits per heavy atom. The monoisotopic (exact) mass is 244 g/mol. The molecular weight excluding hydrogens is 231 g/mol. The lowest BCUT2D eigenvalue weighted by Crippen LogP contribution is -2.01. The Labute approximate surface area is 93.2 Å². The zero-order valence-corrected chi connectivity index (χ0v) is 9.68. The number of methoxy groups -OCH3 is 1. The first-order valence-electron chi connectivity index (χ1n) is 4.64. The van der Waals surface area contributed by atoms with E-state index in [1.165, 1.54) is 7.11 Å². The van der Waals surface area contributed by atoms with Crippen LogP contribution in [-0.2, 0) is 15.7 Å². The normalized spacial score (nSPS) is 11.2. The third-order valence-corrected chi connectivity index (χ3v) is 2.87. The Hall–Kier alpha value is -1.16. The van der Waals surface area contributed by atoms with Crippen LogP contribution in [0.15, 0.2) is 24.3 Å². The van der Waals surface area contributed by atoms with Crippen molar-refractivity contribution in [2.75, 3.05) is 13.3 Å². The Bertz CT molecular complexity index is 406. The standard InChI is InChI=1S/C10H13O5P/c1-15-10(11)9-4-2-8(3-5-9)6-7-16(12,13)14/h2-5H,6-7H2,1H3,(H2,12,13,14). The summed E-state index contributed by atoms with van der Waals surface area (Å²) in [5.74, 6) is -0.429. The van der Waals surface area contributed by atoms with Gasteiger partial charge in [0.15, 0.2) is 0 Å². The fraction of sp³-hybridized carbons (Fsp3) is 0.300. The van der Waals surface area contributed by atoms with Crippen molar-refractivity contribution < 1.29 is 23.9 Å². The maximum atomic E-state index is 11.1. The molecule has 0 heterocycles. The van der Waals surface area contributed by atoms with Crippen molar-refractivity contribution in [2.45, 2.75) is 6.42 Å². The zero-order valence-electron chi connectivity index (χ0n) is 8.79. The largest absolute Gasteiger partial charge is 0.465 e. The van der Waals surface area contributed by atoms with Crippen molar-refractivity contribution in [3.05, 3.63) is 35.4 Å². The lowest BCUT2D eigenvalue weighted by molar-refractivity contribution is 0.0600. The highest BCUT2D eigenvalue weighted by atomic mass is 31.2. The molecule has 0 amide bonds. The van der Waals surface area contributed by atoms with E-state index in [1.54, 1.807) is 24.3 Å². The predicted octanol–water partition coefficient (Wildman–Crippen LogP) is 1.19. The van der Waals surface area contributed by atoms with E-state index < -0.39 is 13.6 Å². The molecule has 1 aromatic rings. The van der Waals surface area contributed by atoms with E-state index in [2.05, 4.69) is 4.74 Å². The van der Waals surface area contributed by atoms with E-state index in [-0.39, 0.29) is 12.6 Å². The van der Waals surface area contributed by atoms with Gasteiger partial charge < -0.3 is 14.5 Å². The van der Waals surface area contributed by atoms with E-state index in [0.717, 1.165) is 5.56 Å². The molecule has 6 heteroatoms. The van der Waals surface area contributed by atoms with Crippen LogP contribution in [-0.4, -0.2) is 29.0 Å². The fourth-order valence-corrected chi connectivity index (χ4v) is 1.75. The molecule has 2 N–H and O–H groups in total. The van der Waals surface area contributed by atoms with Gasteiger partial charge in [-0.15, -0.1) is 0 Å². The predicted molar refractivity (Wildman–Crippen MR) is 58.4 cm³/mol. The number of benzene rings is 1. The van der Waals surface area contributed by atoms with Gasteiger partial charge in [0.05, 0.1) is 18.8 Å². The van der Waals surface area contributed by atoms with Crippen LogP contribution in [0, 0.1) is 0 Å². The molecule has 0 atom stereocenters. The highest BCUT2D eigenvalue weighted by molar-refractivity contribution is 7.51. The Morgan fingerprint density at radius 3 is 2.31 bits per heavy atom. The van der Waals surface area contributed by atoms with Crippen molar-refractivity contribution in [2.24, 2.45) is 0 Å². The van der Waals surface area contributed by atoms with E-state index in [4.69, 9.17) is 9.79 Å². The highest BCUT2D eigenvalue weighted by Gasteiger charge is 2.12. The third-order valence-electron chi connectivity index (χ3n) is 2.07. The molecule has 0 aliphatic rings. The van der Waals surface area contributed by atoms with E-state index in [0.29, 0.717) is 5.56 Å². The van der Waals surface area contributed by atoms with Gasteiger partial charge >= 0.3 is 13.6 Å². The van der Waals surface area contributed by atoms with Gasteiger partial charge in [-0.05, 0) is 24.1 Å². The van der Waals surface area contributed by atoms with Crippen LogP contribution in [0.5, 0.6) is 0 Å². The molecule has 0 fully saturated rings. The molecule has 0 radical (unpaired) electrons. The number of hydrogen-bond acceptors (Lipinski definition) is 3. The average molecular weight is 244 g/mol. The van der Waals surface area contributed by atoms with Crippen LogP contribution in [0.1, 0.15) is 15.9 Å².